The standard InChI is InChI=1S/C27H22ClNO4/c1-32-26(30)24-23(19-11-7-4-8-12-19)22(17-18-9-5-3-6-10-18)29(25(24)27(31)33-2)21-15-13-20(28)14-16-21/h3-16H,17H2,1-2H3. The molecule has 6 heteroatoms. The summed E-state index contributed by atoms with van der Waals surface area (Å²) < 4.78 is 12.0. The summed E-state index contributed by atoms with van der Waals surface area (Å²) in [7, 11) is 2.59. The lowest BCUT2D eigenvalue weighted by Crippen LogP contribution is -2.15. The average molecular weight is 460 g/mol. The van der Waals surface area contributed by atoms with Crippen molar-refractivity contribution in [2.75, 3.05) is 14.2 Å². The molecular formula is C27H22ClNO4. The molecule has 4 rings (SSSR count). The molecule has 0 saturated carbocycles. The van der Waals surface area contributed by atoms with E-state index in [2.05, 4.69) is 0 Å². The highest BCUT2D eigenvalue weighted by molar-refractivity contribution is 6.30. The van der Waals surface area contributed by atoms with Crippen LogP contribution in [0.5, 0.6) is 0 Å². The van der Waals surface area contributed by atoms with Crippen molar-refractivity contribution in [2.24, 2.45) is 0 Å². The first kappa shape index (κ1) is 22.4. The van der Waals surface area contributed by atoms with Gasteiger partial charge in [-0.1, -0.05) is 72.3 Å². The summed E-state index contributed by atoms with van der Waals surface area (Å²) in [5.41, 5.74) is 4.15. The SMILES string of the molecule is COC(=O)c1c(-c2ccccc2)c(Cc2ccccc2)n(-c2ccc(Cl)cc2)c1C(=O)OC. The van der Waals surface area contributed by atoms with Crippen LogP contribution in [0, 0.1) is 0 Å². The van der Waals surface area contributed by atoms with Crippen molar-refractivity contribution in [1.82, 2.24) is 4.57 Å². The number of nitrogens with zero attached hydrogens (tertiary/aromatic N) is 1. The molecule has 0 saturated heterocycles. The van der Waals surface area contributed by atoms with E-state index in [-0.39, 0.29) is 11.3 Å². The van der Waals surface area contributed by atoms with Crippen LogP contribution in [-0.4, -0.2) is 30.7 Å². The fourth-order valence-corrected chi connectivity index (χ4v) is 4.09. The van der Waals surface area contributed by atoms with Gasteiger partial charge in [-0.2, -0.15) is 0 Å². The Morgan fingerprint density at radius 1 is 0.788 bits per heavy atom. The van der Waals surface area contributed by atoms with Crippen LogP contribution in [0.4, 0.5) is 0 Å². The molecule has 0 unspecified atom stereocenters. The van der Waals surface area contributed by atoms with Crippen molar-refractivity contribution in [3.05, 3.63) is 112 Å². The molecule has 4 aromatic rings. The van der Waals surface area contributed by atoms with E-state index in [1.165, 1.54) is 14.2 Å². The van der Waals surface area contributed by atoms with Crippen molar-refractivity contribution < 1.29 is 19.1 Å². The molecule has 0 fully saturated rings. The Hall–Kier alpha value is -3.83. The van der Waals surface area contributed by atoms with Gasteiger partial charge in [-0.05, 0) is 35.4 Å². The number of hydrogen-bond donors (Lipinski definition) is 0. The lowest BCUT2D eigenvalue weighted by molar-refractivity contribution is 0.0550. The number of halogens is 1. The molecule has 1 heterocycles. The van der Waals surface area contributed by atoms with Crippen molar-refractivity contribution >= 4 is 23.5 Å². The predicted octanol–water partition coefficient (Wildman–Crippen LogP) is 5.96. The number of ether oxygens (including phenoxy) is 2. The van der Waals surface area contributed by atoms with Gasteiger partial charge in [0.1, 0.15) is 11.3 Å². The van der Waals surface area contributed by atoms with Crippen molar-refractivity contribution in [3.63, 3.8) is 0 Å². The zero-order chi connectivity index (χ0) is 23.4. The van der Waals surface area contributed by atoms with Crippen LogP contribution in [0.3, 0.4) is 0 Å². The van der Waals surface area contributed by atoms with Crippen LogP contribution in [0.1, 0.15) is 32.1 Å². The second-order valence-corrected chi connectivity index (χ2v) is 7.81. The van der Waals surface area contributed by atoms with Crippen molar-refractivity contribution in [3.8, 4) is 16.8 Å². The van der Waals surface area contributed by atoms with Crippen LogP contribution in [-0.2, 0) is 15.9 Å². The van der Waals surface area contributed by atoms with Gasteiger partial charge in [0.15, 0.2) is 0 Å². The summed E-state index contributed by atoms with van der Waals surface area (Å²) in [4.78, 5) is 26.2. The molecule has 0 amide bonds. The van der Waals surface area contributed by atoms with Crippen molar-refractivity contribution in [2.45, 2.75) is 6.42 Å². The first-order valence-electron chi connectivity index (χ1n) is 10.3. The fraction of sp³-hybridized carbons (Fsp3) is 0.111. The Kier molecular flexibility index (Phi) is 6.61. The number of methoxy groups -OCH3 is 2. The number of carbonyl (C=O) groups excluding carboxylic acids is 2. The van der Waals surface area contributed by atoms with Gasteiger partial charge in [0.05, 0.1) is 14.2 Å². The van der Waals surface area contributed by atoms with Crippen LogP contribution >= 0.6 is 11.6 Å². The lowest BCUT2D eigenvalue weighted by Gasteiger charge is -2.14. The Morgan fingerprint density at radius 3 is 1.94 bits per heavy atom. The van der Waals surface area contributed by atoms with Gasteiger partial charge < -0.3 is 14.0 Å². The Balaban J connectivity index is 2.14. The largest absolute Gasteiger partial charge is 0.465 e. The Morgan fingerprint density at radius 2 is 1.36 bits per heavy atom. The zero-order valence-electron chi connectivity index (χ0n) is 18.2. The third kappa shape index (κ3) is 4.41. The van der Waals surface area contributed by atoms with Crippen LogP contribution in [0.25, 0.3) is 16.8 Å². The minimum absolute atomic E-state index is 0.108. The predicted molar refractivity (Wildman–Crippen MR) is 128 cm³/mol. The molecule has 0 radical (unpaired) electrons. The summed E-state index contributed by atoms with van der Waals surface area (Å²) in [6.45, 7) is 0. The first-order chi connectivity index (χ1) is 16.0. The second kappa shape index (κ2) is 9.76. The molecule has 5 nitrogen and oxygen atoms in total. The van der Waals surface area contributed by atoms with Gasteiger partial charge in [0.2, 0.25) is 0 Å². The summed E-state index contributed by atoms with van der Waals surface area (Å²) in [6, 6.07) is 26.4. The zero-order valence-corrected chi connectivity index (χ0v) is 19.0. The van der Waals surface area contributed by atoms with Crippen molar-refractivity contribution in [1.29, 1.82) is 0 Å². The molecule has 0 aliphatic rings. The van der Waals surface area contributed by atoms with E-state index < -0.39 is 11.9 Å². The topological polar surface area (TPSA) is 57.5 Å². The molecule has 0 N–H and O–H groups in total. The maximum Gasteiger partial charge on any atom is 0.355 e. The maximum atomic E-state index is 13.1. The molecule has 0 spiro atoms. The minimum atomic E-state index is -0.637. The Labute approximate surface area is 197 Å². The number of esters is 2. The Bertz CT molecular complexity index is 1280. The smallest absolute Gasteiger partial charge is 0.355 e. The second-order valence-electron chi connectivity index (χ2n) is 7.37. The molecule has 1 aromatic heterocycles. The molecule has 3 aromatic carbocycles. The summed E-state index contributed by atoms with van der Waals surface area (Å²) in [5, 5.41) is 0.562. The van der Waals surface area contributed by atoms with Crippen LogP contribution in [0.15, 0.2) is 84.9 Å². The number of carbonyl (C=O) groups is 2. The minimum Gasteiger partial charge on any atom is -0.465 e. The quantitative estimate of drug-likeness (QED) is 0.334. The molecule has 0 atom stereocenters. The summed E-state index contributed by atoms with van der Waals surface area (Å²) in [5.74, 6) is -1.25. The fourth-order valence-electron chi connectivity index (χ4n) is 3.96. The molecule has 0 bridgehead atoms. The van der Waals surface area contributed by atoms with Gasteiger partial charge in [-0.3, -0.25) is 0 Å². The van der Waals surface area contributed by atoms with Gasteiger partial charge in [0.25, 0.3) is 0 Å². The number of benzene rings is 3. The number of rotatable bonds is 6. The van der Waals surface area contributed by atoms with Gasteiger partial charge >= 0.3 is 11.9 Å². The first-order valence-corrected chi connectivity index (χ1v) is 10.7. The van der Waals surface area contributed by atoms with E-state index in [4.69, 9.17) is 21.1 Å². The van der Waals surface area contributed by atoms with Gasteiger partial charge in [-0.25, -0.2) is 9.59 Å². The molecular weight excluding hydrogens is 438 g/mol. The summed E-state index contributed by atoms with van der Waals surface area (Å²) in [6.07, 6.45) is 0.467. The average Bonchev–Trinajstić information content (AvgIpc) is 3.19. The van der Waals surface area contributed by atoms with E-state index in [1.54, 1.807) is 28.8 Å². The van der Waals surface area contributed by atoms with Gasteiger partial charge in [-0.15, -0.1) is 0 Å². The van der Waals surface area contributed by atoms with Crippen LogP contribution < -0.4 is 0 Å². The normalized spacial score (nSPS) is 10.6. The van der Waals surface area contributed by atoms with Crippen LogP contribution in [0.2, 0.25) is 5.02 Å². The highest BCUT2D eigenvalue weighted by atomic mass is 35.5. The highest BCUT2D eigenvalue weighted by Gasteiger charge is 2.33. The van der Waals surface area contributed by atoms with Gasteiger partial charge in [0, 0.05) is 28.4 Å². The van der Waals surface area contributed by atoms with E-state index in [9.17, 15) is 9.59 Å². The molecule has 33 heavy (non-hydrogen) atoms. The summed E-state index contributed by atoms with van der Waals surface area (Å²) >= 11 is 6.13. The maximum absolute atomic E-state index is 13.1. The molecule has 0 aliphatic carbocycles. The highest BCUT2D eigenvalue weighted by Crippen LogP contribution is 2.37. The number of hydrogen-bond acceptors (Lipinski definition) is 4. The van der Waals surface area contributed by atoms with E-state index in [0.29, 0.717) is 22.7 Å². The van der Waals surface area contributed by atoms with E-state index >= 15 is 0 Å². The van der Waals surface area contributed by atoms with E-state index in [0.717, 1.165) is 16.8 Å². The molecule has 0 aliphatic heterocycles. The lowest BCUT2D eigenvalue weighted by atomic mass is 9.97. The third-order valence-electron chi connectivity index (χ3n) is 5.40. The molecule has 166 valence electrons. The third-order valence-corrected chi connectivity index (χ3v) is 5.65. The monoisotopic (exact) mass is 459 g/mol. The van der Waals surface area contributed by atoms with E-state index in [1.807, 2.05) is 60.7 Å². The number of aromatic nitrogens is 1.